The van der Waals surface area contributed by atoms with E-state index in [1.165, 1.54) is 0 Å². The van der Waals surface area contributed by atoms with Gasteiger partial charge in [-0.1, -0.05) is 51.1 Å². The molecule has 1 aromatic carbocycles. The number of nitrogens with one attached hydrogen (secondary N) is 1. The summed E-state index contributed by atoms with van der Waals surface area (Å²) in [5, 5.41) is 2.99. The highest BCUT2D eigenvalue weighted by molar-refractivity contribution is 5.87. The van der Waals surface area contributed by atoms with E-state index in [-0.39, 0.29) is 17.9 Å². The van der Waals surface area contributed by atoms with Gasteiger partial charge in [-0.15, -0.1) is 0 Å². The minimum Gasteiger partial charge on any atom is -0.352 e. The highest BCUT2D eigenvalue weighted by Crippen LogP contribution is 2.13. The molecule has 22 heavy (non-hydrogen) atoms. The van der Waals surface area contributed by atoms with E-state index in [4.69, 9.17) is 0 Å². The Kier molecular flexibility index (Phi) is 7.64. The van der Waals surface area contributed by atoms with Crippen LogP contribution in [0.1, 0.15) is 52.5 Å². The van der Waals surface area contributed by atoms with Gasteiger partial charge in [-0.25, -0.2) is 0 Å². The predicted molar refractivity (Wildman–Crippen MR) is 89.3 cm³/mol. The van der Waals surface area contributed by atoms with Crippen molar-refractivity contribution < 1.29 is 9.59 Å². The molecule has 0 saturated carbocycles. The Balaban J connectivity index is 2.92. The Labute approximate surface area is 133 Å². The Morgan fingerprint density at radius 1 is 1.09 bits per heavy atom. The van der Waals surface area contributed by atoms with E-state index in [0.717, 1.165) is 12.0 Å². The molecule has 0 aliphatic rings. The van der Waals surface area contributed by atoms with Gasteiger partial charge in [-0.3, -0.25) is 9.59 Å². The third-order valence-corrected chi connectivity index (χ3v) is 3.89. The Bertz CT molecular complexity index is 473. The summed E-state index contributed by atoms with van der Waals surface area (Å²) < 4.78 is 0. The minimum absolute atomic E-state index is 0.00926. The number of rotatable bonds is 8. The first-order valence-corrected chi connectivity index (χ1v) is 8.17. The zero-order valence-corrected chi connectivity index (χ0v) is 14.1. The van der Waals surface area contributed by atoms with E-state index < -0.39 is 6.04 Å². The second kappa shape index (κ2) is 9.23. The van der Waals surface area contributed by atoms with Crippen molar-refractivity contribution in [1.29, 1.82) is 0 Å². The molecule has 0 aliphatic heterocycles. The summed E-state index contributed by atoms with van der Waals surface area (Å²) in [6, 6.07) is 9.51. The predicted octanol–water partition coefficient (Wildman–Crippen LogP) is 3.12. The lowest BCUT2D eigenvalue weighted by Gasteiger charge is -2.31. The SMILES string of the molecule is CCC(=O)N(Cc1ccccc1)C(CC)C(=O)NC(C)CC. The van der Waals surface area contributed by atoms with Crippen LogP contribution in [-0.2, 0) is 16.1 Å². The quantitative estimate of drug-likeness (QED) is 0.802. The monoisotopic (exact) mass is 304 g/mol. The zero-order valence-electron chi connectivity index (χ0n) is 14.1. The van der Waals surface area contributed by atoms with Crippen LogP contribution in [0.2, 0.25) is 0 Å². The van der Waals surface area contributed by atoms with Gasteiger partial charge in [0.25, 0.3) is 0 Å². The molecule has 1 N–H and O–H groups in total. The van der Waals surface area contributed by atoms with Crippen LogP contribution in [0.5, 0.6) is 0 Å². The maximum atomic E-state index is 12.5. The van der Waals surface area contributed by atoms with Gasteiger partial charge in [0, 0.05) is 19.0 Å². The smallest absolute Gasteiger partial charge is 0.243 e. The van der Waals surface area contributed by atoms with Crippen molar-refractivity contribution in [2.75, 3.05) is 0 Å². The fourth-order valence-corrected chi connectivity index (χ4v) is 2.34. The molecule has 0 heterocycles. The number of hydrogen-bond acceptors (Lipinski definition) is 2. The van der Waals surface area contributed by atoms with Crippen LogP contribution < -0.4 is 5.32 Å². The molecule has 4 nitrogen and oxygen atoms in total. The van der Waals surface area contributed by atoms with E-state index in [2.05, 4.69) is 5.32 Å². The van der Waals surface area contributed by atoms with Crippen LogP contribution in [0.25, 0.3) is 0 Å². The highest BCUT2D eigenvalue weighted by atomic mass is 16.2. The number of nitrogens with zero attached hydrogens (tertiary/aromatic N) is 1. The lowest BCUT2D eigenvalue weighted by Crippen LogP contribution is -2.50. The first-order chi connectivity index (χ1) is 10.5. The van der Waals surface area contributed by atoms with Crippen LogP contribution in [0.15, 0.2) is 30.3 Å². The molecule has 0 bridgehead atoms. The van der Waals surface area contributed by atoms with Crippen LogP contribution in [0.3, 0.4) is 0 Å². The number of amides is 2. The molecule has 122 valence electrons. The molecule has 1 aromatic rings. The molecule has 0 spiro atoms. The third kappa shape index (κ3) is 5.17. The van der Waals surface area contributed by atoms with Gasteiger partial charge in [0.05, 0.1) is 0 Å². The average molecular weight is 304 g/mol. The van der Waals surface area contributed by atoms with E-state index in [0.29, 0.717) is 19.4 Å². The van der Waals surface area contributed by atoms with Crippen LogP contribution in [-0.4, -0.2) is 28.8 Å². The summed E-state index contributed by atoms with van der Waals surface area (Å²) in [6.07, 6.45) is 1.89. The highest BCUT2D eigenvalue weighted by Gasteiger charge is 2.28. The Hall–Kier alpha value is -1.84. The summed E-state index contributed by atoms with van der Waals surface area (Å²) in [7, 11) is 0. The molecular weight excluding hydrogens is 276 g/mol. The topological polar surface area (TPSA) is 49.4 Å². The van der Waals surface area contributed by atoms with Crippen LogP contribution in [0, 0.1) is 0 Å². The second-order valence-corrected chi connectivity index (χ2v) is 5.60. The molecule has 2 atom stereocenters. The van der Waals surface area contributed by atoms with Gasteiger partial charge < -0.3 is 10.2 Å². The van der Waals surface area contributed by atoms with E-state index in [9.17, 15) is 9.59 Å². The van der Waals surface area contributed by atoms with Gasteiger partial charge in [0.2, 0.25) is 11.8 Å². The number of carbonyl (C=O) groups excluding carboxylic acids is 2. The molecule has 0 aromatic heterocycles. The normalized spacial score (nSPS) is 13.3. The second-order valence-electron chi connectivity index (χ2n) is 5.60. The maximum Gasteiger partial charge on any atom is 0.243 e. The molecule has 0 aliphatic carbocycles. The molecule has 0 radical (unpaired) electrons. The van der Waals surface area contributed by atoms with E-state index >= 15 is 0 Å². The van der Waals surface area contributed by atoms with Crippen molar-refractivity contribution in [3.8, 4) is 0 Å². The van der Waals surface area contributed by atoms with Gasteiger partial charge in [-0.2, -0.15) is 0 Å². The third-order valence-electron chi connectivity index (χ3n) is 3.89. The lowest BCUT2D eigenvalue weighted by atomic mass is 10.1. The molecule has 1 rings (SSSR count). The number of hydrogen-bond donors (Lipinski definition) is 1. The lowest BCUT2D eigenvalue weighted by molar-refractivity contribution is -0.141. The van der Waals surface area contributed by atoms with Crippen molar-refractivity contribution in [2.45, 2.75) is 65.6 Å². The molecular formula is C18H28N2O2. The maximum absolute atomic E-state index is 12.5. The molecule has 0 saturated heterocycles. The van der Waals surface area contributed by atoms with Crippen molar-refractivity contribution in [2.24, 2.45) is 0 Å². The van der Waals surface area contributed by atoms with Crippen molar-refractivity contribution >= 4 is 11.8 Å². The van der Waals surface area contributed by atoms with Gasteiger partial charge >= 0.3 is 0 Å². The molecule has 2 unspecified atom stereocenters. The summed E-state index contributed by atoms with van der Waals surface area (Å²) in [5.74, 6) is -0.0513. The van der Waals surface area contributed by atoms with Crippen LogP contribution >= 0.6 is 0 Å². The van der Waals surface area contributed by atoms with E-state index in [1.54, 1.807) is 4.90 Å². The summed E-state index contributed by atoms with van der Waals surface area (Å²) >= 11 is 0. The molecule has 0 fully saturated rings. The fourth-order valence-electron chi connectivity index (χ4n) is 2.34. The molecule has 2 amide bonds. The zero-order chi connectivity index (χ0) is 16.5. The fraction of sp³-hybridized carbons (Fsp3) is 0.556. The molecule has 4 heteroatoms. The van der Waals surface area contributed by atoms with Crippen molar-refractivity contribution in [1.82, 2.24) is 10.2 Å². The summed E-state index contributed by atoms with van der Waals surface area (Å²) in [6.45, 7) is 8.26. The van der Waals surface area contributed by atoms with Gasteiger partial charge in [0.15, 0.2) is 0 Å². The Morgan fingerprint density at radius 2 is 1.73 bits per heavy atom. The van der Waals surface area contributed by atoms with Crippen LogP contribution in [0.4, 0.5) is 0 Å². The number of benzene rings is 1. The standard InChI is InChI=1S/C18H28N2O2/c1-5-14(4)19-18(22)16(6-2)20(17(21)7-3)13-15-11-9-8-10-12-15/h8-12,14,16H,5-7,13H2,1-4H3,(H,19,22). The summed E-state index contributed by atoms with van der Waals surface area (Å²) in [5.41, 5.74) is 1.04. The average Bonchev–Trinajstić information content (AvgIpc) is 2.54. The first-order valence-electron chi connectivity index (χ1n) is 8.17. The number of carbonyl (C=O) groups is 2. The minimum atomic E-state index is -0.415. The largest absolute Gasteiger partial charge is 0.352 e. The van der Waals surface area contributed by atoms with Crippen molar-refractivity contribution in [3.05, 3.63) is 35.9 Å². The summed E-state index contributed by atoms with van der Waals surface area (Å²) in [4.78, 5) is 26.5. The van der Waals surface area contributed by atoms with Crippen molar-refractivity contribution in [3.63, 3.8) is 0 Å². The van der Waals surface area contributed by atoms with Gasteiger partial charge in [0.1, 0.15) is 6.04 Å². The van der Waals surface area contributed by atoms with E-state index in [1.807, 2.05) is 58.0 Å². The van der Waals surface area contributed by atoms with Gasteiger partial charge in [-0.05, 0) is 25.3 Å². The first kappa shape index (κ1) is 18.2. The Morgan fingerprint density at radius 3 is 2.23 bits per heavy atom.